The number of ether oxygens (including phenoxy) is 2. The van der Waals surface area contributed by atoms with Crippen molar-refractivity contribution >= 4 is 15.8 Å². The zero-order chi connectivity index (χ0) is 25.7. The summed E-state index contributed by atoms with van der Waals surface area (Å²) < 4.78 is 37.0. The first-order valence-electron chi connectivity index (χ1n) is 10.3. The van der Waals surface area contributed by atoms with Gasteiger partial charge >= 0.3 is 5.97 Å². The fourth-order valence-corrected chi connectivity index (χ4v) is 5.68. The number of rotatable bonds is 8. The highest BCUT2D eigenvalue weighted by Gasteiger charge is 2.40. The van der Waals surface area contributed by atoms with Crippen LogP contribution in [0.4, 0.5) is 0 Å². The van der Waals surface area contributed by atoms with Crippen LogP contribution in [0.2, 0.25) is 0 Å². The van der Waals surface area contributed by atoms with Gasteiger partial charge in [0.2, 0.25) is 0 Å². The molecule has 7 N–H and O–H groups in total. The van der Waals surface area contributed by atoms with Crippen LogP contribution in [0.1, 0.15) is 18.4 Å². The van der Waals surface area contributed by atoms with Crippen LogP contribution in [-0.4, -0.2) is 67.5 Å². The molecule has 190 valence electrons. The Hall–Kier alpha value is -2.74. The van der Waals surface area contributed by atoms with Gasteiger partial charge in [0.15, 0.2) is 9.84 Å². The summed E-state index contributed by atoms with van der Waals surface area (Å²) in [5, 5.41) is 21.6. The second kappa shape index (κ2) is 14.5. The zero-order valence-corrected chi connectivity index (χ0v) is 20.0. The van der Waals surface area contributed by atoms with Gasteiger partial charge in [0.1, 0.15) is 16.9 Å². The lowest BCUT2D eigenvalue weighted by Gasteiger charge is -2.37. The highest BCUT2D eigenvalue weighted by Crippen LogP contribution is 2.31. The number of nitrogens with zero attached hydrogens (tertiary/aromatic N) is 1. The van der Waals surface area contributed by atoms with Crippen LogP contribution in [0.15, 0.2) is 53.4 Å². The topological polar surface area (TPSA) is 186 Å². The number of likely N-dealkylation sites (tertiary alicyclic amines) is 1. The molecule has 2 atom stereocenters. The number of hydrogen-bond donors (Lipinski definition) is 5. The van der Waals surface area contributed by atoms with Crippen molar-refractivity contribution in [2.75, 3.05) is 27.3 Å². The minimum absolute atomic E-state index is 0.0757. The quantitative estimate of drug-likeness (QED) is 0.331. The second-order valence-electron chi connectivity index (χ2n) is 7.37. The van der Waals surface area contributed by atoms with Crippen molar-refractivity contribution in [1.82, 2.24) is 4.90 Å². The third kappa shape index (κ3) is 7.65. The smallest absolute Gasteiger partial charge is 0.306 e. The van der Waals surface area contributed by atoms with E-state index in [0.29, 0.717) is 31.7 Å². The van der Waals surface area contributed by atoms with Gasteiger partial charge < -0.3 is 25.0 Å². The Morgan fingerprint density at radius 2 is 1.47 bits per heavy atom. The largest absolute Gasteiger partial charge is 0.497 e. The van der Waals surface area contributed by atoms with Crippen molar-refractivity contribution in [2.45, 2.75) is 29.5 Å². The molecule has 0 bridgehead atoms. The Morgan fingerprint density at radius 1 is 0.971 bits per heavy atom. The molecule has 0 aromatic heterocycles. The molecule has 1 fully saturated rings. The van der Waals surface area contributed by atoms with E-state index >= 15 is 0 Å². The van der Waals surface area contributed by atoms with Crippen LogP contribution in [0.5, 0.6) is 11.5 Å². The molecule has 11 nitrogen and oxygen atoms in total. The van der Waals surface area contributed by atoms with Gasteiger partial charge in [0, 0.05) is 13.1 Å². The molecule has 0 saturated carbocycles. The molecule has 0 radical (unpaired) electrons. The normalized spacial score (nSPS) is 17.9. The van der Waals surface area contributed by atoms with E-state index in [1.165, 1.54) is 19.2 Å². The first-order valence-corrected chi connectivity index (χ1v) is 11.9. The maximum absolute atomic E-state index is 13.4. The number of hydrogen-bond acceptors (Lipinski definition) is 10. The van der Waals surface area contributed by atoms with E-state index in [-0.39, 0.29) is 11.3 Å². The van der Waals surface area contributed by atoms with E-state index in [1.54, 1.807) is 19.2 Å². The van der Waals surface area contributed by atoms with Crippen molar-refractivity contribution in [2.24, 2.45) is 17.7 Å². The molecule has 0 spiro atoms. The van der Waals surface area contributed by atoms with Crippen molar-refractivity contribution in [3.63, 3.8) is 0 Å². The van der Waals surface area contributed by atoms with Crippen molar-refractivity contribution in [1.29, 1.82) is 0 Å². The van der Waals surface area contributed by atoms with E-state index in [9.17, 15) is 18.3 Å². The van der Waals surface area contributed by atoms with Gasteiger partial charge in [-0.3, -0.25) is 9.69 Å². The Bertz CT molecular complexity index is 969. The number of carboxylic acids is 1. The van der Waals surface area contributed by atoms with E-state index in [1.807, 2.05) is 29.2 Å². The molecule has 3 rings (SSSR count). The van der Waals surface area contributed by atoms with Crippen molar-refractivity contribution in [3.05, 3.63) is 54.1 Å². The van der Waals surface area contributed by atoms with Crippen molar-refractivity contribution < 1.29 is 38.2 Å². The Labute approximate surface area is 199 Å². The lowest BCUT2D eigenvalue weighted by Crippen LogP contribution is -2.49. The Morgan fingerprint density at radius 3 is 1.94 bits per heavy atom. The molecule has 34 heavy (non-hydrogen) atoms. The Kier molecular flexibility index (Phi) is 12.5. The van der Waals surface area contributed by atoms with Crippen LogP contribution in [0.25, 0.3) is 0 Å². The molecule has 2 aromatic carbocycles. The van der Waals surface area contributed by atoms with Gasteiger partial charge in [-0.05, 0) is 61.2 Å². The summed E-state index contributed by atoms with van der Waals surface area (Å²) in [6, 6.07) is 13.9. The monoisotopic (exact) mass is 499 g/mol. The molecular weight excluding hydrogens is 466 g/mol. The molecular formula is C22H33N3O8S. The fourth-order valence-electron chi connectivity index (χ4n) is 3.77. The molecule has 0 aliphatic carbocycles. The van der Waals surface area contributed by atoms with Gasteiger partial charge in [0.25, 0.3) is 0 Å². The predicted octanol–water partition coefficient (Wildman–Crippen LogP) is 1.51. The SMILES string of the molecule is COc1ccc(CCN2CCC(C(=O)O)CC2S(=O)(=O)c2ccc(OC)cc2)cc1.NO.NO. The number of piperidine rings is 1. The first kappa shape index (κ1) is 29.3. The summed E-state index contributed by atoms with van der Waals surface area (Å²) in [6.07, 6.45) is 1.18. The number of benzene rings is 2. The predicted molar refractivity (Wildman–Crippen MR) is 125 cm³/mol. The standard InChI is InChI=1S/C22H27NO6S.2H3NO/c1-28-18-5-3-16(4-6-18)11-13-23-14-12-17(22(24)25)15-21(23)30(26,27)20-9-7-19(29-2)8-10-20;2*1-2/h3-10,17,21H,11-15H2,1-2H3,(H,24,25);2*2H,1H2. The van der Waals surface area contributed by atoms with E-state index in [4.69, 9.17) is 19.9 Å². The summed E-state index contributed by atoms with van der Waals surface area (Å²) in [6.45, 7) is 0.950. The number of methoxy groups -OCH3 is 2. The van der Waals surface area contributed by atoms with E-state index in [0.717, 1.165) is 11.3 Å². The lowest BCUT2D eigenvalue weighted by atomic mass is 9.96. The van der Waals surface area contributed by atoms with Crippen LogP contribution in [0, 0.1) is 5.92 Å². The van der Waals surface area contributed by atoms with Crippen LogP contribution in [0.3, 0.4) is 0 Å². The van der Waals surface area contributed by atoms with E-state index < -0.39 is 27.1 Å². The molecule has 1 aliphatic rings. The third-order valence-corrected chi connectivity index (χ3v) is 7.74. The second-order valence-corrected chi connectivity index (χ2v) is 9.47. The summed E-state index contributed by atoms with van der Waals surface area (Å²) in [5.74, 6) is 6.72. The van der Waals surface area contributed by atoms with Gasteiger partial charge in [-0.25, -0.2) is 20.2 Å². The summed E-state index contributed by atoms with van der Waals surface area (Å²) in [7, 11) is -0.606. The number of carboxylic acid groups (broad SMARTS) is 1. The molecule has 1 saturated heterocycles. The maximum Gasteiger partial charge on any atom is 0.306 e. The molecule has 12 heteroatoms. The van der Waals surface area contributed by atoms with Gasteiger partial charge in [0.05, 0.1) is 25.0 Å². The minimum atomic E-state index is -3.73. The summed E-state index contributed by atoms with van der Waals surface area (Å²) in [5.41, 5.74) is 1.07. The van der Waals surface area contributed by atoms with Gasteiger partial charge in [-0.1, -0.05) is 12.1 Å². The van der Waals surface area contributed by atoms with Crippen LogP contribution in [-0.2, 0) is 21.1 Å². The molecule has 2 aromatic rings. The molecule has 1 heterocycles. The maximum atomic E-state index is 13.4. The number of nitrogens with two attached hydrogens (primary N) is 2. The fraction of sp³-hybridized carbons (Fsp3) is 0.409. The van der Waals surface area contributed by atoms with Gasteiger partial charge in [-0.15, -0.1) is 0 Å². The van der Waals surface area contributed by atoms with Crippen LogP contribution >= 0.6 is 0 Å². The number of aliphatic carboxylic acids is 1. The zero-order valence-electron chi connectivity index (χ0n) is 19.2. The van der Waals surface area contributed by atoms with Gasteiger partial charge in [-0.2, -0.15) is 0 Å². The molecule has 2 unspecified atom stereocenters. The number of sulfone groups is 1. The first-order chi connectivity index (χ1) is 16.3. The lowest BCUT2D eigenvalue weighted by molar-refractivity contribution is -0.143. The summed E-state index contributed by atoms with van der Waals surface area (Å²) in [4.78, 5) is 13.6. The highest BCUT2D eigenvalue weighted by atomic mass is 32.2. The van der Waals surface area contributed by atoms with Crippen molar-refractivity contribution in [3.8, 4) is 11.5 Å². The highest BCUT2D eigenvalue weighted by molar-refractivity contribution is 7.92. The molecule has 0 amide bonds. The third-order valence-electron chi connectivity index (χ3n) is 5.60. The van der Waals surface area contributed by atoms with Crippen LogP contribution < -0.4 is 21.3 Å². The number of carbonyl (C=O) groups is 1. The average molecular weight is 500 g/mol. The van der Waals surface area contributed by atoms with E-state index in [2.05, 4.69) is 11.8 Å². The average Bonchev–Trinajstić information content (AvgIpc) is 2.90. The minimum Gasteiger partial charge on any atom is -0.497 e. The Balaban J connectivity index is 0.00000137. The molecule has 1 aliphatic heterocycles. The summed E-state index contributed by atoms with van der Waals surface area (Å²) >= 11 is 0.